The third-order valence-corrected chi connectivity index (χ3v) is 4.69. The molecule has 2 aromatic carbocycles. The van der Waals surface area contributed by atoms with Crippen LogP contribution in [0.4, 0.5) is 0 Å². The van der Waals surface area contributed by atoms with E-state index >= 15 is 0 Å². The Balaban J connectivity index is 2.42. The topological polar surface area (TPSA) is 44.8 Å². The van der Waals surface area contributed by atoms with Crippen LogP contribution in [0.25, 0.3) is 6.08 Å². The standard InChI is InChI=1S/C24H27BrO4/c1-5-28-23(26)15-10-19-9-14-22(27-4)21(13-6-17(2)3)24(19)29-16-18-7-11-20(25)12-8-18/h6-12,14-15H,5,13,16H2,1-4H3/b15-10+. The molecule has 0 N–H and O–H groups in total. The summed E-state index contributed by atoms with van der Waals surface area (Å²) in [7, 11) is 1.65. The normalized spacial score (nSPS) is 10.7. The molecule has 0 amide bonds. The Morgan fingerprint density at radius 3 is 2.45 bits per heavy atom. The van der Waals surface area contributed by atoms with Gasteiger partial charge in [-0.05, 0) is 63.1 Å². The van der Waals surface area contributed by atoms with E-state index in [2.05, 4.69) is 35.9 Å². The molecule has 0 spiro atoms. The lowest BCUT2D eigenvalue weighted by atomic mass is 10.0. The molecule has 4 nitrogen and oxygen atoms in total. The van der Waals surface area contributed by atoms with Gasteiger partial charge in [0, 0.05) is 21.7 Å². The third-order valence-electron chi connectivity index (χ3n) is 4.16. The third kappa shape index (κ3) is 7.09. The van der Waals surface area contributed by atoms with Gasteiger partial charge in [0.25, 0.3) is 0 Å². The second kappa shape index (κ2) is 11.5. The number of carbonyl (C=O) groups is 1. The van der Waals surface area contributed by atoms with Crippen LogP contribution in [0, 0.1) is 0 Å². The number of allylic oxidation sites excluding steroid dienone is 2. The summed E-state index contributed by atoms with van der Waals surface area (Å²) in [5, 5.41) is 0. The molecule has 0 radical (unpaired) electrons. The largest absolute Gasteiger partial charge is 0.496 e. The molecule has 0 aromatic heterocycles. The maximum atomic E-state index is 11.8. The van der Waals surface area contributed by atoms with Gasteiger partial charge in [-0.3, -0.25) is 0 Å². The quantitative estimate of drug-likeness (QED) is 0.257. The van der Waals surface area contributed by atoms with Gasteiger partial charge in [0.05, 0.1) is 13.7 Å². The van der Waals surface area contributed by atoms with Crippen LogP contribution in [-0.2, 0) is 22.6 Å². The number of hydrogen-bond acceptors (Lipinski definition) is 4. The van der Waals surface area contributed by atoms with Crippen LogP contribution in [0.3, 0.4) is 0 Å². The Kier molecular flexibility index (Phi) is 9.00. The Morgan fingerprint density at radius 1 is 1.10 bits per heavy atom. The molecule has 0 saturated heterocycles. The molecule has 154 valence electrons. The average Bonchev–Trinajstić information content (AvgIpc) is 2.70. The van der Waals surface area contributed by atoms with E-state index in [1.54, 1.807) is 20.1 Å². The molecule has 0 fully saturated rings. The van der Waals surface area contributed by atoms with Crippen molar-refractivity contribution < 1.29 is 19.0 Å². The molecule has 0 bridgehead atoms. The van der Waals surface area contributed by atoms with E-state index in [0.717, 1.165) is 26.9 Å². The number of halogens is 1. The van der Waals surface area contributed by atoms with Crippen LogP contribution in [0.1, 0.15) is 37.5 Å². The molecule has 29 heavy (non-hydrogen) atoms. The van der Waals surface area contributed by atoms with E-state index in [4.69, 9.17) is 14.2 Å². The number of rotatable bonds is 9. The highest BCUT2D eigenvalue weighted by molar-refractivity contribution is 9.10. The van der Waals surface area contributed by atoms with Crippen LogP contribution in [-0.4, -0.2) is 19.7 Å². The van der Waals surface area contributed by atoms with Crippen molar-refractivity contribution >= 4 is 28.0 Å². The maximum Gasteiger partial charge on any atom is 0.330 e. The zero-order valence-electron chi connectivity index (χ0n) is 17.3. The first-order valence-electron chi connectivity index (χ1n) is 9.49. The Hall–Kier alpha value is -2.53. The summed E-state index contributed by atoms with van der Waals surface area (Å²) in [6.07, 6.45) is 5.94. The predicted molar refractivity (Wildman–Crippen MR) is 120 cm³/mol. The fraction of sp³-hybridized carbons (Fsp3) is 0.292. The van der Waals surface area contributed by atoms with Gasteiger partial charge < -0.3 is 14.2 Å². The van der Waals surface area contributed by atoms with Gasteiger partial charge in [-0.1, -0.05) is 39.7 Å². The van der Waals surface area contributed by atoms with Crippen LogP contribution in [0.15, 0.2) is 58.6 Å². The Morgan fingerprint density at radius 2 is 1.83 bits per heavy atom. The second-order valence-corrected chi connectivity index (χ2v) is 7.57. The molecule has 0 aliphatic rings. The van der Waals surface area contributed by atoms with E-state index in [9.17, 15) is 4.79 Å². The summed E-state index contributed by atoms with van der Waals surface area (Å²) in [6.45, 7) is 6.63. The van der Waals surface area contributed by atoms with E-state index in [1.165, 1.54) is 11.6 Å². The molecular formula is C24H27BrO4. The van der Waals surface area contributed by atoms with Crippen molar-refractivity contribution in [3.05, 3.63) is 75.3 Å². The highest BCUT2D eigenvalue weighted by Gasteiger charge is 2.14. The lowest BCUT2D eigenvalue weighted by molar-refractivity contribution is -0.137. The zero-order valence-corrected chi connectivity index (χ0v) is 18.9. The first-order chi connectivity index (χ1) is 13.9. The fourth-order valence-corrected chi connectivity index (χ4v) is 2.97. The lowest BCUT2D eigenvalue weighted by Gasteiger charge is -2.17. The number of ether oxygens (including phenoxy) is 3. The molecule has 5 heteroatoms. The van der Waals surface area contributed by atoms with Gasteiger partial charge in [0.2, 0.25) is 0 Å². The highest BCUT2D eigenvalue weighted by atomic mass is 79.9. The summed E-state index contributed by atoms with van der Waals surface area (Å²) in [5.74, 6) is 1.07. The number of methoxy groups -OCH3 is 1. The molecule has 0 heterocycles. The van der Waals surface area contributed by atoms with Crippen LogP contribution < -0.4 is 9.47 Å². The minimum Gasteiger partial charge on any atom is -0.496 e. The number of benzene rings is 2. The minimum atomic E-state index is -0.381. The van der Waals surface area contributed by atoms with Crippen LogP contribution in [0.5, 0.6) is 11.5 Å². The molecule has 2 aromatic rings. The zero-order chi connectivity index (χ0) is 21.2. The molecule has 0 aliphatic heterocycles. The first-order valence-corrected chi connectivity index (χ1v) is 10.3. The van der Waals surface area contributed by atoms with E-state index in [1.807, 2.05) is 36.4 Å². The first kappa shape index (κ1) is 22.8. The van der Waals surface area contributed by atoms with Gasteiger partial charge in [0.1, 0.15) is 18.1 Å². The SMILES string of the molecule is CCOC(=O)/C=C/c1ccc(OC)c(CC=C(C)C)c1OCc1ccc(Br)cc1. The van der Waals surface area contributed by atoms with Crippen molar-refractivity contribution in [1.29, 1.82) is 0 Å². The minimum absolute atomic E-state index is 0.338. The number of hydrogen-bond donors (Lipinski definition) is 0. The van der Waals surface area contributed by atoms with E-state index < -0.39 is 0 Å². The van der Waals surface area contributed by atoms with Crippen LogP contribution in [0.2, 0.25) is 0 Å². The van der Waals surface area contributed by atoms with Crippen LogP contribution >= 0.6 is 15.9 Å². The van der Waals surface area contributed by atoms with Gasteiger partial charge in [-0.2, -0.15) is 0 Å². The van der Waals surface area contributed by atoms with Crippen molar-refractivity contribution in [2.24, 2.45) is 0 Å². The summed E-state index contributed by atoms with van der Waals surface area (Å²) >= 11 is 3.45. The molecular weight excluding hydrogens is 432 g/mol. The van der Waals surface area contributed by atoms with Crippen molar-refractivity contribution in [2.45, 2.75) is 33.8 Å². The monoisotopic (exact) mass is 458 g/mol. The van der Waals surface area contributed by atoms with Crippen molar-refractivity contribution in [1.82, 2.24) is 0 Å². The summed E-state index contributed by atoms with van der Waals surface area (Å²) in [6, 6.07) is 11.8. The number of carbonyl (C=O) groups excluding carboxylic acids is 1. The van der Waals surface area contributed by atoms with Gasteiger partial charge >= 0.3 is 5.97 Å². The summed E-state index contributed by atoms with van der Waals surface area (Å²) in [5.41, 5.74) is 3.99. The second-order valence-electron chi connectivity index (χ2n) is 6.65. The van der Waals surface area contributed by atoms with Crippen molar-refractivity contribution in [2.75, 3.05) is 13.7 Å². The Labute approximate surface area is 181 Å². The van der Waals surface area contributed by atoms with E-state index in [-0.39, 0.29) is 5.97 Å². The fourth-order valence-electron chi connectivity index (χ4n) is 2.70. The molecule has 0 aliphatic carbocycles. The summed E-state index contributed by atoms with van der Waals surface area (Å²) in [4.78, 5) is 11.8. The number of esters is 1. The van der Waals surface area contributed by atoms with Crippen molar-refractivity contribution in [3.8, 4) is 11.5 Å². The lowest BCUT2D eigenvalue weighted by Crippen LogP contribution is -2.03. The molecule has 2 rings (SSSR count). The smallest absolute Gasteiger partial charge is 0.330 e. The van der Waals surface area contributed by atoms with Gasteiger partial charge in [-0.25, -0.2) is 4.79 Å². The average molecular weight is 459 g/mol. The predicted octanol–water partition coefficient (Wildman–Crippen LogP) is 6.12. The molecule has 0 unspecified atom stereocenters. The summed E-state index contributed by atoms with van der Waals surface area (Å²) < 4.78 is 17.8. The highest BCUT2D eigenvalue weighted by Crippen LogP contribution is 2.35. The van der Waals surface area contributed by atoms with Gasteiger partial charge in [0.15, 0.2) is 0 Å². The maximum absolute atomic E-state index is 11.8. The van der Waals surface area contributed by atoms with E-state index in [0.29, 0.717) is 25.4 Å². The van der Waals surface area contributed by atoms with Gasteiger partial charge in [-0.15, -0.1) is 0 Å². The Bertz CT molecular complexity index is 878. The van der Waals surface area contributed by atoms with Crippen molar-refractivity contribution in [3.63, 3.8) is 0 Å². The molecule has 0 saturated carbocycles. The molecule has 0 atom stereocenters.